The van der Waals surface area contributed by atoms with Crippen molar-refractivity contribution in [3.05, 3.63) is 33.8 Å². The lowest BCUT2D eigenvalue weighted by molar-refractivity contribution is 0.162. The molecule has 0 aromatic heterocycles. The van der Waals surface area contributed by atoms with Crippen molar-refractivity contribution in [1.29, 1.82) is 0 Å². The normalized spacial score (nSPS) is 19.5. The fraction of sp³-hybridized carbons (Fsp3) is 0.647. The van der Waals surface area contributed by atoms with Crippen LogP contribution in [-0.4, -0.2) is 7.05 Å². The molecule has 2 rings (SSSR count). The van der Waals surface area contributed by atoms with Crippen molar-refractivity contribution < 1.29 is 0 Å². The molecule has 1 aromatic rings. The third kappa shape index (κ3) is 3.32. The van der Waals surface area contributed by atoms with Crippen molar-refractivity contribution in [2.24, 2.45) is 11.3 Å². The molecule has 1 aliphatic carbocycles. The van der Waals surface area contributed by atoms with E-state index < -0.39 is 0 Å². The molecule has 0 radical (unpaired) electrons. The summed E-state index contributed by atoms with van der Waals surface area (Å²) in [6.07, 6.45) is 6.48. The maximum atomic E-state index is 6.46. The average molecular weight is 314 g/mol. The highest BCUT2D eigenvalue weighted by Crippen LogP contribution is 2.52. The molecule has 1 N–H and O–H groups in total. The molecule has 20 heavy (non-hydrogen) atoms. The lowest BCUT2D eigenvalue weighted by Gasteiger charge is -2.40. The van der Waals surface area contributed by atoms with E-state index in [4.69, 9.17) is 23.2 Å². The monoisotopic (exact) mass is 313 g/mol. The quantitative estimate of drug-likeness (QED) is 0.717. The van der Waals surface area contributed by atoms with Crippen LogP contribution in [0.2, 0.25) is 10.0 Å². The Hall–Kier alpha value is -0.240. The Labute approximate surface area is 133 Å². The predicted molar refractivity (Wildman–Crippen MR) is 88.6 cm³/mol. The fourth-order valence-electron chi connectivity index (χ4n) is 4.03. The standard InChI is InChI=1S/C17H25Cl2N/c1-12(2)11-17(8-4-5-9-17)16(20-3)14-7-6-13(18)10-15(14)19/h6-7,10,12,16,20H,4-5,8-9,11H2,1-3H3. The van der Waals surface area contributed by atoms with Crippen LogP contribution in [0.4, 0.5) is 0 Å². The predicted octanol–water partition coefficient (Wildman–Crippen LogP) is 5.86. The van der Waals surface area contributed by atoms with Gasteiger partial charge in [0.05, 0.1) is 0 Å². The van der Waals surface area contributed by atoms with Crippen LogP contribution in [0.15, 0.2) is 18.2 Å². The molecule has 0 aliphatic heterocycles. The first-order valence-corrected chi connectivity index (χ1v) is 8.36. The molecule has 1 aliphatic rings. The first-order chi connectivity index (χ1) is 9.48. The van der Waals surface area contributed by atoms with Gasteiger partial charge in [-0.25, -0.2) is 0 Å². The van der Waals surface area contributed by atoms with Gasteiger partial charge in [-0.15, -0.1) is 0 Å². The summed E-state index contributed by atoms with van der Waals surface area (Å²) < 4.78 is 0. The zero-order valence-electron chi connectivity index (χ0n) is 12.7. The van der Waals surface area contributed by atoms with E-state index in [9.17, 15) is 0 Å². The molecule has 1 unspecified atom stereocenters. The van der Waals surface area contributed by atoms with Gasteiger partial charge in [0.1, 0.15) is 0 Å². The van der Waals surface area contributed by atoms with E-state index in [0.717, 1.165) is 5.02 Å². The van der Waals surface area contributed by atoms with E-state index in [1.165, 1.54) is 37.7 Å². The summed E-state index contributed by atoms with van der Waals surface area (Å²) in [6, 6.07) is 6.22. The van der Waals surface area contributed by atoms with E-state index in [1.807, 2.05) is 12.1 Å². The van der Waals surface area contributed by atoms with Gasteiger partial charge in [-0.1, -0.05) is 56.0 Å². The summed E-state index contributed by atoms with van der Waals surface area (Å²) in [6.45, 7) is 4.63. The maximum absolute atomic E-state index is 6.46. The van der Waals surface area contributed by atoms with E-state index >= 15 is 0 Å². The van der Waals surface area contributed by atoms with Gasteiger partial charge in [0.15, 0.2) is 0 Å². The molecule has 1 saturated carbocycles. The molecule has 1 atom stereocenters. The molecular formula is C17H25Cl2N. The smallest absolute Gasteiger partial charge is 0.0468 e. The van der Waals surface area contributed by atoms with Gasteiger partial charge < -0.3 is 5.32 Å². The topological polar surface area (TPSA) is 12.0 Å². The minimum absolute atomic E-state index is 0.317. The second-order valence-electron chi connectivity index (χ2n) is 6.55. The van der Waals surface area contributed by atoms with Gasteiger partial charge in [-0.2, -0.15) is 0 Å². The van der Waals surface area contributed by atoms with Crippen molar-refractivity contribution in [3.63, 3.8) is 0 Å². The molecule has 3 heteroatoms. The van der Waals surface area contributed by atoms with E-state index in [-0.39, 0.29) is 0 Å². The van der Waals surface area contributed by atoms with Crippen molar-refractivity contribution in [2.75, 3.05) is 7.05 Å². The van der Waals surface area contributed by atoms with Crippen molar-refractivity contribution in [1.82, 2.24) is 5.32 Å². The SMILES string of the molecule is CNC(c1ccc(Cl)cc1Cl)C1(CC(C)C)CCCC1. The molecule has 0 saturated heterocycles. The minimum Gasteiger partial charge on any atom is -0.312 e. The van der Waals surface area contributed by atoms with Crippen LogP contribution >= 0.6 is 23.2 Å². The van der Waals surface area contributed by atoms with Gasteiger partial charge >= 0.3 is 0 Å². The van der Waals surface area contributed by atoms with Crippen LogP contribution in [0, 0.1) is 11.3 Å². The Morgan fingerprint density at radius 2 is 1.85 bits per heavy atom. The number of halogens is 2. The van der Waals surface area contributed by atoms with Crippen LogP contribution in [0.25, 0.3) is 0 Å². The van der Waals surface area contributed by atoms with Gasteiger partial charge in [0.25, 0.3) is 0 Å². The summed E-state index contributed by atoms with van der Waals surface area (Å²) in [5, 5.41) is 5.03. The average Bonchev–Trinajstić information content (AvgIpc) is 2.81. The minimum atomic E-state index is 0.317. The summed E-state index contributed by atoms with van der Waals surface area (Å²) >= 11 is 12.5. The summed E-state index contributed by atoms with van der Waals surface area (Å²) in [4.78, 5) is 0. The molecule has 0 heterocycles. The van der Waals surface area contributed by atoms with Crippen molar-refractivity contribution in [3.8, 4) is 0 Å². The lowest BCUT2D eigenvalue weighted by atomic mass is 9.70. The molecule has 112 valence electrons. The first kappa shape index (κ1) is 16.1. The molecule has 0 spiro atoms. The number of rotatable bonds is 5. The fourth-order valence-corrected chi connectivity index (χ4v) is 4.55. The van der Waals surface area contributed by atoms with Gasteiger partial charge in [-0.05, 0) is 55.3 Å². The molecule has 0 bridgehead atoms. The van der Waals surface area contributed by atoms with Gasteiger partial charge in [0.2, 0.25) is 0 Å². The molecular weight excluding hydrogens is 289 g/mol. The highest BCUT2D eigenvalue weighted by molar-refractivity contribution is 6.35. The Morgan fingerprint density at radius 1 is 1.20 bits per heavy atom. The number of benzene rings is 1. The first-order valence-electron chi connectivity index (χ1n) is 7.61. The molecule has 1 nitrogen and oxygen atoms in total. The number of nitrogens with one attached hydrogen (secondary N) is 1. The zero-order valence-corrected chi connectivity index (χ0v) is 14.2. The van der Waals surface area contributed by atoms with Crippen molar-refractivity contribution in [2.45, 2.75) is 52.0 Å². The van der Waals surface area contributed by atoms with Crippen LogP contribution in [0.1, 0.15) is 57.6 Å². The third-order valence-corrected chi connectivity index (χ3v) is 5.15. The van der Waals surface area contributed by atoms with Crippen LogP contribution in [0.3, 0.4) is 0 Å². The van der Waals surface area contributed by atoms with Crippen molar-refractivity contribution >= 4 is 23.2 Å². The molecule has 0 amide bonds. The van der Waals surface area contributed by atoms with Crippen LogP contribution < -0.4 is 5.32 Å². The second-order valence-corrected chi connectivity index (χ2v) is 7.40. The van der Waals surface area contributed by atoms with Crippen LogP contribution in [-0.2, 0) is 0 Å². The number of hydrogen-bond donors (Lipinski definition) is 1. The molecule has 1 fully saturated rings. The summed E-state index contributed by atoms with van der Waals surface area (Å²) in [5.41, 5.74) is 1.53. The van der Waals surface area contributed by atoms with Gasteiger partial charge in [-0.3, -0.25) is 0 Å². The highest BCUT2D eigenvalue weighted by atomic mass is 35.5. The summed E-state index contributed by atoms with van der Waals surface area (Å²) in [7, 11) is 2.05. The Bertz CT molecular complexity index is 450. The van der Waals surface area contributed by atoms with E-state index in [1.54, 1.807) is 0 Å². The van der Waals surface area contributed by atoms with Gasteiger partial charge in [0, 0.05) is 16.1 Å². The number of hydrogen-bond acceptors (Lipinski definition) is 1. The van der Waals surface area contributed by atoms with E-state index in [0.29, 0.717) is 22.4 Å². The molecule has 1 aromatic carbocycles. The Morgan fingerprint density at radius 3 is 2.35 bits per heavy atom. The lowest BCUT2D eigenvalue weighted by Crippen LogP contribution is -2.36. The second kappa shape index (κ2) is 6.68. The highest BCUT2D eigenvalue weighted by Gasteiger charge is 2.42. The Kier molecular flexibility index (Phi) is 5.39. The summed E-state index contributed by atoms with van der Waals surface area (Å²) in [5.74, 6) is 0.704. The van der Waals surface area contributed by atoms with E-state index in [2.05, 4.69) is 32.3 Å². The largest absolute Gasteiger partial charge is 0.312 e. The zero-order chi connectivity index (χ0) is 14.8. The maximum Gasteiger partial charge on any atom is 0.0468 e. The third-order valence-electron chi connectivity index (χ3n) is 4.59. The Balaban J connectivity index is 2.38. The van der Waals surface area contributed by atoms with Crippen LogP contribution in [0.5, 0.6) is 0 Å².